The number of β-amino-alcohol motifs (C(OH)–C–C–N with tert-alkyl or cyclic N) is 1. The van der Waals surface area contributed by atoms with Gasteiger partial charge in [-0.15, -0.1) is 0 Å². The van der Waals surface area contributed by atoms with E-state index in [1.165, 1.54) is 0 Å². The van der Waals surface area contributed by atoms with Crippen molar-refractivity contribution in [3.05, 3.63) is 0 Å². The molecule has 3 nitrogen and oxygen atoms in total. The Morgan fingerprint density at radius 2 is 2.15 bits per heavy atom. The average molecular weight is 188 g/mol. The van der Waals surface area contributed by atoms with Crippen molar-refractivity contribution in [3.63, 3.8) is 0 Å². The maximum Gasteiger partial charge on any atom is 0.117 e. The summed E-state index contributed by atoms with van der Waals surface area (Å²) in [6, 6.07) is 0. The second-order valence-electron chi connectivity index (χ2n) is 4.25. The lowest BCUT2D eigenvalue weighted by atomic mass is 9.95. The highest BCUT2D eigenvalue weighted by molar-refractivity contribution is 5.03. The molecule has 13 heavy (non-hydrogen) atoms. The van der Waals surface area contributed by atoms with Crippen LogP contribution in [-0.4, -0.2) is 54.5 Å². The highest BCUT2D eigenvalue weighted by Gasteiger charge is 2.43. The highest BCUT2D eigenvalue weighted by Crippen LogP contribution is 2.31. The number of hydrogen-bond donors (Lipinski definition) is 2. The predicted octanol–water partition coefficient (Wildman–Crippen LogP) is -0.245. The molecule has 76 valence electrons. The Bertz CT molecular complexity index is 180. The van der Waals surface area contributed by atoms with Gasteiger partial charge in [0.25, 0.3) is 0 Å². The molecule has 2 aliphatic heterocycles. The van der Waals surface area contributed by atoms with Crippen LogP contribution in [0.4, 0.5) is 4.39 Å². The van der Waals surface area contributed by atoms with Crippen LogP contribution in [0.15, 0.2) is 0 Å². The normalized spacial score (nSPS) is 39.7. The highest BCUT2D eigenvalue weighted by atomic mass is 19.1. The van der Waals surface area contributed by atoms with Crippen LogP contribution in [0.3, 0.4) is 0 Å². The minimum atomic E-state index is -0.830. The minimum absolute atomic E-state index is 0.191. The number of aliphatic hydroxyl groups excluding tert-OH is 1. The molecule has 2 fully saturated rings. The van der Waals surface area contributed by atoms with Crippen LogP contribution in [0.25, 0.3) is 0 Å². The Kier molecular flexibility index (Phi) is 2.53. The van der Waals surface area contributed by atoms with E-state index < -0.39 is 12.8 Å². The van der Waals surface area contributed by atoms with E-state index in [2.05, 4.69) is 10.2 Å². The third kappa shape index (κ3) is 1.85. The lowest BCUT2D eigenvalue weighted by molar-refractivity contribution is 0.126. The van der Waals surface area contributed by atoms with Crippen LogP contribution in [0.5, 0.6) is 0 Å². The van der Waals surface area contributed by atoms with Crippen molar-refractivity contribution < 1.29 is 9.50 Å². The summed E-state index contributed by atoms with van der Waals surface area (Å²) in [5.74, 6) is 0. The first-order valence-electron chi connectivity index (χ1n) is 4.95. The maximum atomic E-state index is 12.0. The number of aliphatic hydroxyl groups is 1. The fourth-order valence-electron chi connectivity index (χ4n) is 2.35. The third-order valence-electron chi connectivity index (χ3n) is 3.23. The largest absolute Gasteiger partial charge is 0.389 e. The molecule has 4 heteroatoms. The zero-order valence-electron chi connectivity index (χ0n) is 7.80. The van der Waals surface area contributed by atoms with E-state index in [1.807, 2.05) is 0 Å². The van der Waals surface area contributed by atoms with E-state index in [9.17, 15) is 4.39 Å². The molecule has 0 aromatic heterocycles. The molecule has 0 aromatic carbocycles. The molecular formula is C9H17FN2O. The number of hydrogen-bond acceptors (Lipinski definition) is 3. The number of nitrogens with one attached hydrogen (secondary N) is 1. The van der Waals surface area contributed by atoms with Gasteiger partial charge in [-0.1, -0.05) is 0 Å². The number of rotatable bonds is 4. The molecule has 2 heterocycles. The van der Waals surface area contributed by atoms with E-state index >= 15 is 0 Å². The lowest BCUT2D eigenvalue weighted by Crippen LogP contribution is -2.47. The van der Waals surface area contributed by atoms with Crippen molar-refractivity contribution in [1.29, 1.82) is 0 Å². The van der Waals surface area contributed by atoms with Gasteiger partial charge in [-0.2, -0.15) is 0 Å². The van der Waals surface area contributed by atoms with Crippen LogP contribution < -0.4 is 5.32 Å². The van der Waals surface area contributed by atoms with Crippen LogP contribution in [0.1, 0.15) is 12.8 Å². The topological polar surface area (TPSA) is 35.5 Å². The molecular weight excluding hydrogens is 171 g/mol. The summed E-state index contributed by atoms with van der Waals surface area (Å²) < 4.78 is 12.0. The molecule has 0 aliphatic carbocycles. The lowest BCUT2D eigenvalue weighted by Gasteiger charge is -2.27. The van der Waals surface area contributed by atoms with Gasteiger partial charge >= 0.3 is 0 Å². The maximum absolute atomic E-state index is 12.0. The van der Waals surface area contributed by atoms with Crippen molar-refractivity contribution in [2.75, 3.05) is 32.9 Å². The van der Waals surface area contributed by atoms with Gasteiger partial charge in [0, 0.05) is 31.7 Å². The zero-order chi connectivity index (χ0) is 9.31. The van der Waals surface area contributed by atoms with Gasteiger partial charge in [-0.3, -0.25) is 0 Å². The summed E-state index contributed by atoms with van der Waals surface area (Å²) in [6.07, 6.45) is 1.46. The van der Waals surface area contributed by atoms with Crippen molar-refractivity contribution in [1.82, 2.24) is 10.2 Å². The average Bonchev–Trinajstić information content (AvgIpc) is 2.74. The Labute approximate surface area is 77.9 Å². The Hall–Kier alpha value is -0.190. The quantitative estimate of drug-likeness (QED) is 0.639. The van der Waals surface area contributed by atoms with Gasteiger partial charge in [-0.05, 0) is 12.8 Å². The predicted molar refractivity (Wildman–Crippen MR) is 48.4 cm³/mol. The van der Waals surface area contributed by atoms with Gasteiger partial charge in [0.05, 0.1) is 6.10 Å². The third-order valence-corrected chi connectivity index (χ3v) is 3.23. The van der Waals surface area contributed by atoms with Crippen molar-refractivity contribution >= 4 is 0 Å². The summed E-state index contributed by atoms with van der Waals surface area (Å²) in [5, 5.41) is 12.4. The molecule has 2 saturated heterocycles. The molecule has 0 amide bonds. The van der Waals surface area contributed by atoms with E-state index in [-0.39, 0.29) is 5.54 Å². The van der Waals surface area contributed by atoms with Crippen molar-refractivity contribution in [3.8, 4) is 0 Å². The van der Waals surface area contributed by atoms with Crippen molar-refractivity contribution in [2.45, 2.75) is 24.5 Å². The first kappa shape index (κ1) is 9.37. The standard InChI is InChI=1S/C9H17FN2O/c10-5-8(13)6-11-9-1-3-12(7-9)4-2-9/h8,11,13H,1-7H2. The smallest absolute Gasteiger partial charge is 0.117 e. The van der Waals surface area contributed by atoms with Gasteiger partial charge in [0.15, 0.2) is 0 Å². The van der Waals surface area contributed by atoms with Gasteiger partial charge < -0.3 is 15.3 Å². The fraction of sp³-hybridized carbons (Fsp3) is 1.00. The van der Waals surface area contributed by atoms with E-state index in [4.69, 9.17) is 5.11 Å². The number of halogens is 1. The summed E-state index contributed by atoms with van der Waals surface area (Å²) in [5.41, 5.74) is 0.191. The van der Waals surface area contributed by atoms with Crippen molar-refractivity contribution in [2.24, 2.45) is 0 Å². The zero-order valence-corrected chi connectivity index (χ0v) is 7.80. The van der Waals surface area contributed by atoms with Gasteiger partial charge in [-0.25, -0.2) is 4.39 Å². The second kappa shape index (κ2) is 3.52. The first-order chi connectivity index (χ1) is 6.24. The molecule has 2 bridgehead atoms. The van der Waals surface area contributed by atoms with Crippen LogP contribution in [0.2, 0.25) is 0 Å². The first-order valence-corrected chi connectivity index (χ1v) is 4.95. The second-order valence-corrected chi connectivity index (χ2v) is 4.25. The molecule has 2 N–H and O–H groups in total. The van der Waals surface area contributed by atoms with E-state index in [1.54, 1.807) is 0 Å². The van der Waals surface area contributed by atoms with Crippen LogP contribution in [0, 0.1) is 0 Å². The van der Waals surface area contributed by atoms with Gasteiger partial charge in [0.2, 0.25) is 0 Å². The Balaban J connectivity index is 1.80. The molecule has 2 rings (SSSR count). The van der Waals surface area contributed by atoms with Crippen LogP contribution >= 0.6 is 0 Å². The molecule has 2 aliphatic rings. The number of piperidine rings is 1. The van der Waals surface area contributed by atoms with Gasteiger partial charge in [0.1, 0.15) is 6.67 Å². The molecule has 0 radical (unpaired) electrons. The van der Waals surface area contributed by atoms with E-state index in [0.717, 1.165) is 32.5 Å². The molecule has 1 unspecified atom stereocenters. The minimum Gasteiger partial charge on any atom is -0.389 e. The number of fused-ring (bicyclic) bond motifs is 2. The number of alkyl halides is 1. The van der Waals surface area contributed by atoms with Crippen LogP contribution in [-0.2, 0) is 0 Å². The van der Waals surface area contributed by atoms with E-state index in [0.29, 0.717) is 6.54 Å². The Morgan fingerprint density at radius 3 is 2.62 bits per heavy atom. The SMILES string of the molecule is OC(CF)CNC12CCN(CC1)C2. The summed E-state index contributed by atoms with van der Waals surface area (Å²) in [6.45, 7) is 3.13. The molecule has 0 saturated carbocycles. The number of nitrogens with zero attached hydrogens (tertiary/aromatic N) is 1. The summed E-state index contributed by atoms with van der Waals surface area (Å²) in [7, 11) is 0. The molecule has 0 spiro atoms. The summed E-state index contributed by atoms with van der Waals surface area (Å²) in [4.78, 5) is 2.41. The summed E-state index contributed by atoms with van der Waals surface area (Å²) >= 11 is 0. The Morgan fingerprint density at radius 1 is 1.46 bits per heavy atom. The molecule has 0 aromatic rings. The molecule has 1 atom stereocenters. The fourth-order valence-corrected chi connectivity index (χ4v) is 2.35. The monoisotopic (exact) mass is 188 g/mol.